The molecule has 4 nitrogen and oxygen atoms in total. The lowest BCUT2D eigenvalue weighted by Crippen LogP contribution is -2.38. The van der Waals surface area contributed by atoms with Crippen LogP contribution in [0.3, 0.4) is 0 Å². The van der Waals surface area contributed by atoms with Crippen LogP contribution in [0.15, 0.2) is 18.8 Å². The summed E-state index contributed by atoms with van der Waals surface area (Å²) in [6.07, 6.45) is 4.11. The number of pyridine rings is 1. The van der Waals surface area contributed by atoms with E-state index in [4.69, 9.17) is 11.6 Å². The third-order valence-electron chi connectivity index (χ3n) is 3.15. The van der Waals surface area contributed by atoms with Gasteiger partial charge in [0.25, 0.3) is 0 Å². The van der Waals surface area contributed by atoms with E-state index < -0.39 is 0 Å². The number of aromatic nitrogens is 1. The van der Waals surface area contributed by atoms with Crippen molar-refractivity contribution in [1.29, 1.82) is 0 Å². The number of hydrogen-bond donors (Lipinski definition) is 3. The Morgan fingerprint density at radius 3 is 3.11 bits per heavy atom. The Bertz CT molecular complexity index is 427. The lowest BCUT2D eigenvalue weighted by atomic mass is 10.1. The van der Waals surface area contributed by atoms with Crippen molar-refractivity contribution < 1.29 is 0 Å². The molecule has 0 amide bonds. The highest BCUT2D eigenvalue weighted by atomic mass is 35.5. The second-order valence-electron chi connectivity index (χ2n) is 4.47. The molecule has 0 aliphatic carbocycles. The SMILES string of the molecule is C=C(NC)c1cnc(Cl)cc1NC1CCCNC1. The van der Waals surface area contributed by atoms with Crippen LogP contribution in [-0.4, -0.2) is 31.2 Å². The molecule has 0 saturated carbocycles. The molecule has 1 aromatic rings. The van der Waals surface area contributed by atoms with Gasteiger partial charge in [-0.2, -0.15) is 0 Å². The highest BCUT2D eigenvalue weighted by Gasteiger charge is 2.15. The van der Waals surface area contributed by atoms with E-state index in [9.17, 15) is 0 Å². The molecule has 0 aromatic carbocycles. The molecule has 1 aliphatic heterocycles. The summed E-state index contributed by atoms with van der Waals surface area (Å²) in [7, 11) is 1.85. The summed E-state index contributed by atoms with van der Waals surface area (Å²) in [5.74, 6) is 0. The maximum Gasteiger partial charge on any atom is 0.131 e. The number of rotatable bonds is 4. The lowest BCUT2D eigenvalue weighted by molar-refractivity contribution is 0.480. The quantitative estimate of drug-likeness (QED) is 0.731. The summed E-state index contributed by atoms with van der Waals surface area (Å²) >= 11 is 5.97. The molecule has 1 fully saturated rings. The van der Waals surface area contributed by atoms with Gasteiger partial charge in [-0.15, -0.1) is 0 Å². The van der Waals surface area contributed by atoms with E-state index in [1.54, 1.807) is 6.20 Å². The molecule has 3 N–H and O–H groups in total. The van der Waals surface area contributed by atoms with Crippen LogP contribution in [0.4, 0.5) is 5.69 Å². The zero-order valence-electron chi connectivity index (χ0n) is 10.6. The Morgan fingerprint density at radius 1 is 1.61 bits per heavy atom. The Morgan fingerprint density at radius 2 is 2.44 bits per heavy atom. The first-order valence-electron chi connectivity index (χ1n) is 6.20. The van der Waals surface area contributed by atoms with Gasteiger partial charge in [0.15, 0.2) is 0 Å². The Kier molecular flexibility index (Phi) is 4.44. The molecule has 5 heteroatoms. The predicted octanol–water partition coefficient (Wildman–Crippen LogP) is 2.09. The smallest absolute Gasteiger partial charge is 0.131 e. The second kappa shape index (κ2) is 6.07. The minimum Gasteiger partial charge on any atom is -0.388 e. The van der Waals surface area contributed by atoms with Gasteiger partial charge in [-0.05, 0) is 25.5 Å². The molecule has 0 bridgehead atoms. The Balaban J connectivity index is 2.18. The third kappa shape index (κ3) is 3.15. The van der Waals surface area contributed by atoms with Crippen LogP contribution in [0.5, 0.6) is 0 Å². The standard InChI is InChI=1S/C13H19ClN4/c1-9(15-2)11-8-17-13(14)6-12(11)18-10-4-3-5-16-7-10/h6,8,10,15-16H,1,3-5,7H2,2H3,(H,17,18). The second-order valence-corrected chi connectivity index (χ2v) is 4.86. The van der Waals surface area contributed by atoms with Crippen molar-refractivity contribution in [2.45, 2.75) is 18.9 Å². The van der Waals surface area contributed by atoms with Crippen LogP contribution in [0.1, 0.15) is 18.4 Å². The third-order valence-corrected chi connectivity index (χ3v) is 3.36. The van der Waals surface area contributed by atoms with Crippen molar-refractivity contribution in [3.8, 4) is 0 Å². The van der Waals surface area contributed by atoms with Crippen molar-refractivity contribution in [2.24, 2.45) is 0 Å². The van der Waals surface area contributed by atoms with Crippen LogP contribution >= 0.6 is 11.6 Å². The summed E-state index contributed by atoms with van der Waals surface area (Å²) in [4.78, 5) is 4.11. The molecule has 1 aliphatic rings. The van der Waals surface area contributed by atoms with E-state index in [1.807, 2.05) is 13.1 Å². The molecule has 98 valence electrons. The minimum absolute atomic E-state index is 0.431. The van der Waals surface area contributed by atoms with E-state index in [-0.39, 0.29) is 0 Å². The first kappa shape index (κ1) is 13.2. The average molecular weight is 267 g/mol. The van der Waals surface area contributed by atoms with Crippen molar-refractivity contribution >= 4 is 23.0 Å². The van der Waals surface area contributed by atoms with Gasteiger partial charge in [-0.3, -0.25) is 0 Å². The summed E-state index contributed by atoms with van der Waals surface area (Å²) in [5.41, 5.74) is 2.79. The van der Waals surface area contributed by atoms with Gasteiger partial charge in [0.2, 0.25) is 0 Å². The van der Waals surface area contributed by atoms with Crippen molar-refractivity contribution in [1.82, 2.24) is 15.6 Å². The zero-order valence-corrected chi connectivity index (χ0v) is 11.3. The molecule has 1 saturated heterocycles. The van der Waals surface area contributed by atoms with Crippen LogP contribution in [0.2, 0.25) is 5.15 Å². The van der Waals surface area contributed by atoms with Crippen LogP contribution < -0.4 is 16.0 Å². The highest BCUT2D eigenvalue weighted by molar-refractivity contribution is 6.29. The summed E-state index contributed by atoms with van der Waals surface area (Å²) < 4.78 is 0. The number of halogens is 1. The fourth-order valence-electron chi connectivity index (χ4n) is 2.12. The molecule has 1 atom stereocenters. The maximum atomic E-state index is 5.97. The predicted molar refractivity (Wildman–Crippen MR) is 76.9 cm³/mol. The molecule has 0 spiro atoms. The van der Waals surface area contributed by atoms with Gasteiger partial charge in [0.05, 0.1) is 0 Å². The van der Waals surface area contributed by atoms with E-state index in [2.05, 4.69) is 27.5 Å². The molecule has 2 rings (SSSR count). The summed E-state index contributed by atoms with van der Waals surface area (Å²) in [6, 6.07) is 2.29. The van der Waals surface area contributed by atoms with E-state index in [1.165, 1.54) is 12.8 Å². The van der Waals surface area contributed by atoms with Gasteiger partial charge in [-0.1, -0.05) is 18.2 Å². The Hall–Kier alpha value is -1.26. The first-order valence-corrected chi connectivity index (χ1v) is 6.58. The Labute approximate surface area is 113 Å². The number of anilines is 1. The van der Waals surface area contributed by atoms with Crippen molar-refractivity contribution in [3.05, 3.63) is 29.6 Å². The van der Waals surface area contributed by atoms with E-state index >= 15 is 0 Å². The normalized spacial score (nSPS) is 19.3. The minimum atomic E-state index is 0.431. The van der Waals surface area contributed by atoms with Crippen LogP contribution in [0, 0.1) is 0 Å². The first-order chi connectivity index (χ1) is 8.70. The highest BCUT2D eigenvalue weighted by Crippen LogP contribution is 2.24. The number of piperidine rings is 1. The molecule has 2 heterocycles. The lowest BCUT2D eigenvalue weighted by Gasteiger charge is -2.26. The zero-order chi connectivity index (χ0) is 13.0. The summed E-state index contributed by atoms with van der Waals surface area (Å²) in [6.45, 7) is 6.06. The molecular weight excluding hydrogens is 248 g/mol. The topological polar surface area (TPSA) is 49.0 Å². The number of nitrogens with one attached hydrogen (secondary N) is 3. The molecule has 18 heavy (non-hydrogen) atoms. The van der Waals surface area contributed by atoms with Crippen molar-refractivity contribution in [3.63, 3.8) is 0 Å². The molecule has 1 unspecified atom stereocenters. The molecule has 0 radical (unpaired) electrons. The van der Waals surface area contributed by atoms with Gasteiger partial charge in [0.1, 0.15) is 5.15 Å². The molecular formula is C13H19ClN4. The fourth-order valence-corrected chi connectivity index (χ4v) is 2.28. The van der Waals surface area contributed by atoms with Gasteiger partial charge >= 0.3 is 0 Å². The van der Waals surface area contributed by atoms with Crippen LogP contribution in [-0.2, 0) is 0 Å². The van der Waals surface area contributed by atoms with E-state index in [0.717, 1.165) is 30.0 Å². The average Bonchev–Trinajstić information content (AvgIpc) is 2.39. The number of hydrogen-bond acceptors (Lipinski definition) is 4. The summed E-state index contributed by atoms with van der Waals surface area (Å²) in [5, 5.41) is 10.4. The monoisotopic (exact) mass is 266 g/mol. The van der Waals surface area contributed by atoms with E-state index in [0.29, 0.717) is 11.2 Å². The van der Waals surface area contributed by atoms with Crippen molar-refractivity contribution in [2.75, 3.05) is 25.5 Å². The maximum absolute atomic E-state index is 5.97. The number of nitrogens with zero attached hydrogens (tertiary/aromatic N) is 1. The fraction of sp³-hybridized carbons (Fsp3) is 0.462. The van der Waals surface area contributed by atoms with Gasteiger partial charge in [-0.25, -0.2) is 4.98 Å². The van der Waals surface area contributed by atoms with Gasteiger partial charge in [0, 0.05) is 42.8 Å². The van der Waals surface area contributed by atoms with Crippen LogP contribution in [0.25, 0.3) is 5.70 Å². The molecule has 1 aromatic heterocycles. The van der Waals surface area contributed by atoms with Gasteiger partial charge < -0.3 is 16.0 Å². The largest absolute Gasteiger partial charge is 0.388 e.